The average molecular weight is 357 g/mol. The molecule has 4 heterocycles. The number of aromatic nitrogens is 4. The van der Waals surface area contributed by atoms with Crippen molar-refractivity contribution >= 4 is 11.6 Å². The van der Waals surface area contributed by atoms with Crippen molar-refractivity contribution in [2.24, 2.45) is 7.05 Å². The maximum atomic E-state index is 5.45. The fraction of sp³-hybridized carbons (Fsp3) is 0.611. The lowest BCUT2D eigenvalue weighted by Gasteiger charge is -2.36. The van der Waals surface area contributed by atoms with Gasteiger partial charge in [0.1, 0.15) is 17.5 Å². The fourth-order valence-corrected chi connectivity index (χ4v) is 3.57. The largest absolute Gasteiger partial charge is 0.378 e. The first-order valence-corrected chi connectivity index (χ1v) is 9.31. The Kier molecular flexibility index (Phi) is 5.03. The molecule has 8 nitrogen and oxygen atoms in total. The van der Waals surface area contributed by atoms with E-state index in [0.29, 0.717) is 0 Å². The van der Waals surface area contributed by atoms with Gasteiger partial charge in [-0.1, -0.05) is 0 Å². The summed E-state index contributed by atoms with van der Waals surface area (Å²) in [5.74, 6) is 2.90. The SMILES string of the molecule is Cc1nc(N2CCOCC2)cc(N2CCN(Cc3ccnn3C)CC2)n1. The Hall–Kier alpha value is -2.19. The van der Waals surface area contributed by atoms with Gasteiger partial charge in [-0.15, -0.1) is 0 Å². The maximum absolute atomic E-state index is 5.45. The molecule has 2 fully saturated rings. The van der Waals surface area contributed by atoms with Crippen molar-refractivity contribution in [2.75, 3.05) is 62.3 Å². The van der Waals surface area contributed by atoms with Gasteiger partial charge in [0.25, 0.3) is 0 Å². The van der Waals surface area contributed by atoms with Gasteiger partial charge >= 0.3 is 0 Å². The van der Waals surface area contributed by atoms with Gasteiger partial charge in [0.05, 0.1) is 18.9 Å². The zero-order chi connectivity index (χ0) is 17.9. The number of piperazine rings is 1. The van der Waals surface area contributed by atoms with E-state index < -0.39 is 0 Å². The summed E-state index contributed by atoms with van der Waals surface area (Å²) in [6, 6.07) is 4.23. The molecule has 26 heavy (non-hydrogen) atoms. The van der Waals surface area contributed by atoms with Crippen molar-refractivity contribution in [2.45, 2.75) is 13.5 Å². The molecule has 2 saturated heterocycles. The first-order chi connectivity index (χ1) is 12.7. The minimum Gasteiger partial charge on any atom is -0.378 e. The topological polar surface area (TPSA) is 62.6 Å². The number of rotatable bonds is 4. The standard InChI is InChI=1S/C18H27N7O/c1-15-20-17(13-18(21-15)25-9-11-26-12-10-25)24-7-5-23(6-8-24)14-16-3-4-19-22(16)2/h3-4,13H,5-12,14H2,1-2H3. The summed E-state index contributed by atoms with van der Waals surface area (Å²) in [5.41, 5.74) is 1.26. The molecular formula is C18H27N7O. The highest BCUT2D eigenvalue weighted by molar-refractivity contribution is 5.51. The van der Waals surface area contributed by atoms with Gasteiger partial charge in [0.15, 0.2) is 0 Å². The van der Waals surface area contributed by atoms with E-state index in [1.165, 1.54) is 5.69 Å². The van der Waals surface area contributed by atoms with Gasteiger partial charge < -0.3 is 14.5 Å². The number of hydrogen-bond donors (Lipinski definition) is 0. The van der Waals surface area contributed by atoms with Gasteiger partial charge in [0.2, 0.25) is 0 Å². The number of aryl methyl sites for hydroxylation is 2. The number of morpholine rings is 1. The van der Waals surface area contributed by atoms with E-state index in [9.17, 15) is 0 Å². The van der Waals surface area contributed by atoms with Gasteiger partial charge in [-0.25, -0.2) is 9.97 Å². The quantitative estimate of drug-likeness (QED) is 0.797. The lowest BCUT2D eigenvalue weighted by molar-refractivity contribution is 0.122. The normalized spacial score (nSPS) is 19.2. The van der Waals surface area contributed by atoms with E-state index in [2.05, 4.69) is 36.9 Å². The lowest BCUT2D eigenvalue weighted by Crippen LogP contribution is -2.46. The van der Waals surface area contributed by atoms with E-state index in [4.69, 9.17) is 9.72 Å². The van der Waals surface area contributed by atoms with Crippen LogP contribution < -0.4 is 9.80 Å². The van der Waals surface area contributed by atoms with Gasteiger partial charge in [-0.2, -0.15) is 5.10 Å². The third-order valence-electron chi connectivity index (χ3n) is 5.15. The number of anilines is 2. The summed E-state index contributed by atoms with van der Waals surface area (Å²) in [7, 11) is 2.00. The summed E-state index contributed by atoms with van der Waals surface area (Å²) in [6.45, 7) is 10.3. The summed E-state index contributed by atoms with van der Waals surface area (Å²) < 4.78 is 7.41. The van der Waals surface area contributed by atoms with E-state index in [0.717, 1.165) is 76.5 Å². The highest BCUT2D eigenvalue weighted by Gasteiger charge is 2.21. The summed E-state index contributed by atoms with van der Waals surface area (Å²) in [4.78, 5) is 16.5. The van der Waals surface area contributed by atoms with Crippen LogP contribution in [0.25, 0.3) is 0 Å². The van der Waals surface area contributed by atoms with Crippen LogP contribution in [0.4, 0.5) is 11.6 Å². The second-order valence-electron chi connectivity index (χ2n) is 6.94. The van der Waals surface area contributed by atoms with Crippen LogP contribution in [0.2, 0.25) is 0 Å². The molecule has 0 aromatic carbocycles. The first-order valence-electron chi connectivity index (χ1n) is 9.31. The maximum Gasteiger partial charge on any atom is 0.134 e. The zero-order valence-corrected chi connectivity index (χ0v) is 15.6. The van der Waals surface area contributed by atoms with Crippen LogP contribution in [0, 0.1) is 6.92 Å². The van der Waals surface area contributed by atoms with Crippen LogP contribution >= 0.6 is 0 Å². The molecule has 2 aromatic rings. The van der Waals surface area contributed by atoms with Crippen molar-refractivity contribution < 1.29 is 4.74 Å². The monoisotopic (exact) mass is 357 g/mol. The van der Waals surface area contributed by atoms with Gasteiger partial charge in [-0.3, -0.25) is 9.58 Å². The Bertz CT molecular complexity index is 733. The van der Waals surface area contributed by atoms with E-state index in [1.807, 2.05) is 24.9 Å². The predicted octanol–water partition coefficient (Wildman–Crippen LogP) is 0.677. The smallest absolute Gasteiger partial charge is 0.134 e. The second-order valence-corrected chi connectivity index (χ2v) is 6.94. The second kappa shape index (κ2) is 7.59. The zero-order valence-electron chi connectivity index (χ0n) is 15.6. The van der Waals surface area contributed by atoms with Crippen LogP contribution in [-0.2, 0) is 18.3 Å². The van der Waals surface area contributed by atoms with Crippen LogP contribution in [0.1, 0.15) is 11.5 Å². The molecule has 2 aliphatic rings. The van der Waals surface area contributed by atoms with Crippen molar-refractivity contribution in [1.82, 2.24) is 24.6 Å². The molecule has 0 N–H and O–H groups in total. The average Bonchev–Trinajstić information content (AvgIpc) is 3.07. The molecule has 0 saturated carbocycles. The molecule has 0 unspecified atom stereocenters. The van der Waals surface area contributed by atoms with Crippen molar-refractivity contribution in [1.29, 1.82) is 0 Å². The molecule has 8 heteroatoms. The highest BCUT2D eigenvalue weighted by Crippen LogP contribution is 2.21. The van der Waals surface area contributed by atoms with Gasteiger partial charge in [-0.05, 0) is 13.0 Å². The van der Waals surface area contributed by atoms with Crippen molar-refractivity contribution in [3.8, 4) is 0 Å². The molecule has 0 radical (unpaired) electrons. The Morgan fingerprint density at radius 1 is 0.962 bits per heavy atom. The highest BCUT2D eigenvalue weighted by atomic mass is 16.5. The summed E-state index contributed by atoms with van der Waals surface area (Å²) in [6.07, 6.45) is 1.86. The number of nitrogens with zero attached hydrogens (tertiary/aromatic N) is 7. The molecule has 0 spiro atoms. The summed E-state index contributed by atoms with van der Waals surface area (Å²) in [5, 5.41) is 4.26. The Labute approximate surface area is 154 Å². The van der Waals surface area contributed by atoms with Crippen molar-refractivity contribution in [3.05, 3.63) is 29.8 Å². The number of hydrogen-bond acceptors (Lipinski definition) is 7. The van der Waals surface area contributed by atoms with Crippen molar-refractivity contribution in [3.63, 3.8) is 0 Å². The van der Waals surface area contributed by atoms with Crippen LogP contribution in [0.5, 0.6) is 0 Å². The summed E-state index contributed by atoms with van der Waals surface area (Å²) >= 11 is 0. The molecule has 0 atom stereocenters. The minimum atomic E-state index is 0.769. The molecule has 0 bridgehead atoms. The molecule has 0 amide bonds. The van der Waals surface area contributed by atoms with Gasteiger partial charge in [0, 0.05) is 65.1 Å². The van der Waals surface area contributed by atoms with Crippen LogP contribution in [-0.4, -0.2) is 77.1 Å². The minimum absolute atomic E-state index is 0.769. The molecule has 0 aliphatic carbocycles. The van der Waals surface area contributed by atoms with E-state index >= 15 is 0 Å². The Morgan fingerprint density at radius 3 is 2.23 bits per heavy atom. The first kappa shape index (κ1) is 17.2. The molecule has 140 valence electrons. The Morgan fingerprint density at radius 2 is 1.62 bits per heavy atom. The van der Waals surface area contributed by atoms with E-state index in [1.54, 1.807) is 0 Å². The Balaban J connectivity index is 1.40. The predicted molar refractivity (Wildman–Crippen MR) is 100 cm³/mol. The van der Waals surface area contributed by atoms with Crippen LogP contribution in [0.3, 0.4) is 0 Å². The molecule has 4 rings (SSSR count). The third kappa shape index (κ3) is 3.81. The van der Waals surface area contributed by atoms with E-state index in [-0.39, 0.29) is 0 Å². The lowest BCUT2D eigenvalue weighted by atomic mass is 10.2. The third-order valence-corrected chi connectivity index (χ3v) is 5.15. The van der Waals surface area contributed by atoms with Crippen LogP contribution in [0.15, 0.2) is 18.3 Å². The number of ether oxygens (including phenoxy) is 1. The fourth-order valence-electron chi connectivity index (χ4n) is 3.57. The molecule has 2 aliphatic heterocycles. The molecular weight excluding hydrogens is 330 g/mol. The molecule has 2 aromatic heterocycles.